The smallest absolute Gasteiger partial charge is 0.151 e. The summed E-state index contributed by atoms with van der Waals surface area (Å²) in [5.41, 5.74) is 0.988. The topological polar surface area (TPSA) is 36.3 Å². The van der Waals surface area contributed by atoms with E-state index in [1.165, 1.54) is 0 Å². The molecule has 0 spiro atoms. The van der Waals surface area contributed by atoms with Crippen molar-refractivity contribution in [3.05, 3.63) is 36.4 Å². The number of nitrogens with zero attached hydrogens (tertiary/aromatic N) is 2. The highest BCUT2D eigenvalue weighted by Crippen LogP contribution is 2.38. The van der Waals surface area contributed by atoms with Crippen LogP contribution in [0, 0.1) is 11.3 Å². The summed E-state index contributed by atoms with van der Waals surface area (Å²) in [7, 11) is 1.93. The third-order valence-electron chi connectivity index (χ3n) is 3.24. The van der Waals surface area contributed by atoms with Crippen LogP contribution in [0.4, 0.5) is 5.69 Å². The zero-order valence-corrected chi connectivity index (χ0v) is 9.55. The van der Waals surface area contributed by atoms with Crippen LogP contribution < -0.4 is 9.64 Å². The lowest BCUT2D eigenvalue weighted by atomic mass is 10.1. The molecule has 0 fully saturated rings. The van der Waals surface area contributed by atoms with Crippen molar-refractivity contribution in [3.63, 3.8) is 0 Å². The van der Waals surface area contributed by atoms with Crippen LogP contribution in [0.3, 0.4) is 0 Å². The van der Waals surface area contributed by atoms with Gasteiger partial charge < -0.3 is 9.64 Å². The minimum atomic E-state index is -0.205. The van der Waals surface area contributed by atoms with Crippen molar-refractivity contribution in [2.24, 2.45) is 0 Å². The van der Waals surface area contributed by atoms with Crippen LogP contribution in [0.5, 0.6) is 5.75 Å². The molecule has 2 aromatic rings. The van der Waals surface area contributed by atoms with Gasteiger partial charge in [-0.15, -0.1) is 0 Å². The largest absolute Gasteiger partial charge is 0.487 e. The Labute approximate surface area is 99.8 Å². The van der Waals surface area contributed by atoms with E-state index in [1.807, 2.05) is 30.1 Å². The van der Waals surface area contributed by atoms with Crippen molar-refractivity contribution in [2.75, 3.05) is 18.6 Å². The molecule has 1 atom stereocenters. The van der Waals surface area contributed by atoms with Crippen LogP contribution in [-0.2, 0) is 0 Å². The molecule has 17 heavy (non-hydrogen) atoms. The van der Waals surface area contributed by atoms with Gasteiger partial charge in [0.05, 0.1) is 11.8 Å². The van der Waals surface area contributed by atoms with Gasteiger partial charge in [-0.2, -0.15) is 5.26 Å². The van der Waals surface area contributed by atoms with E-state index in [9.17, 15) is 0 Å². The Morgan fingerprint density at radius 2 is 2.12 bits per heavy atom. The summed E-state index contributed by atoms with van der Waals surface area (Å²) >= 11 is 0. The normalized spacial score (nSPS) is 18.4. The molecule has 3 nitrogen and oxygen atoms in total. The second-order valence-corrected chi connectivity index (χ2v) is 4.20. The molecule has 3 heteroatoms. The van der Waals surface area contributed by atoms with Gasteiger partial charge in [-0.25, -0.2) is 0 Å². The summed E-state index contributed by atoms with van der Waals surface area (Å²) in [6.07, 6.45) is 0. The molecular weight excluding hydrogens is 212 g/mol. The van der Waals surface area contributed by atoms with E-state index in [1.54, 1.807) is 0 Å². The molecule has 3 rings (SSSR count). The quantitative estimate of drug-likeness (QED) is 0.690. The Bertz CT molecular complexity index is 615. The van der Waals surface area contributed by atoms with Crippen molar-refractivity contribution in [2.45, 2.75) is 6.04 Å². The molecular formula is C14H12N2O. The molecule has 1 heterocycles. The van der Waals surface area contributed by atoms with Crippen LogP contribution in [0.25, 0.3) is 10.8 Å². The molecule has 0 saturated carbocycles. The Balaban J connectivity index is 2.23. The van der Waals surface area contributed by atoms with E-state index in [0.717, 1.165) is 22.2 Å². The zero-order chi connectivity index (χ0) is 11.8. The Kier molecular flexibility index (Phi) is 2.15. The van der Waals surface area contributed by atoms with Gasteiger partial charge >= 0.3 is 0 Å². The molecule has 2 aromatic carbocycles. The Hall–Kier alpha value is -2.21. The van der Waals surface area contributed by atoms with Crippen LogP contribution in [0.15, 0.2) is 36.4 Å². The number of anilines is 1. The van der Waals surface area contributed by atoms with Crippen LogP contribution >= 0.6 is 0 Å². The molecule has 0 aliphatic carbocycles. The third kappa shape index (κ3) is 1.42. The first-order valence-electron chi connectivity index (χ1n) is 5.58. The first-order chi connectivity index (χ1) is 8.31. The van der Waals surface area contributed by atoms with E-state index < -0.39 is 0 Å². The maximum Gasteiger partial charge on any atom is 0.151 e. The van der Waals surface area contributed by atoms with E-state index in [-0.39, 0.29) is 6.04 Å². The van der Waals surface area contributed by atoms with Crippen LogP contribution in [0.2, 0.25) is 0 Å². The molecule has 0 bridgehead atoms. The van der Waals surface area contributed by atoms with Crippen LogP contribution in [0.1, 0.15) is 0 Å². The number of benzene rings is 2. The van der Waals surface area contributed by atoms with Gasteiger partial charge in [0.2, 0.25) is 0 Å². The molecule has 1 unspecified atom stereocenters. The average Bonchev–Trinajstić information content (AvgIpc) is 2.39. The minimum Gasteiger partial charge on any atom is -0.487 e. The predicted molar refractivity (Wildman–Crippen MR) is 67.2 cm³/mol. The molecule has 1 aliphatic rings. The van der Waals surface area contributed by atoms with Gasteiger partial charge in [0.15, 0.2) is 11.8 Å². The highest BCUT2D eigenvalue weighted by atomic mass is 16.5. The number of fused-ring (bicyclic) bond motifs is 3. The van der Waals surface area contributed by atoms with Gasteiger partial charge in [-0.05, 0) is 11.5 Å². The lowest BCUT2D eigenvalue weighted by Crippen LogP contribution is -2.39. The van der Waals surface area contributed by atoms with Crippen molar-refractivity contribution < 1.29 is 4.74 Å². The average molecular weight is 224 g/mol. The fourth-order valence-corrected chi connectivity index (χ4v) is 2.23. The maximum absolute atomic E-state index is 9.03. The molecule has 0 N–H and O–H groups in total. The van der Waals surface area contributed by atoms with Gasteiger partial charge in [0, 0.05) is 12.4 Å². The summed E-state index contributed by atoms with van der Waals surface area (Å²) < 4.78 is 5.75. The number of ether oxygens (including phenoxy) is 1. The lowest BCUT2D eigenvalue weighted by molar-refractivity contribution is 0.292. The second-order valence-electron chi connectivity index (χ2n) is 4.20. The molecule has 0 aromatic heterocycles. The number of hydrogen-bond acceptors (Lipinski definition) is 3. The molecule has 0 amide bonds. The molecule has 0 radical (unpaired) electrons. The van der Waals surface area contributed by atoms with Crippen molar-refractivity contribution >= 4 is 16.5 Å². The fourth-order valence-electron chi connectivity index (χ4n) is 2.23. The first kappa shape index (κ1) is 9.98. The lowest BCUT2D eigenvalue weighted by Gasteiger charge is -2.32. The molecule has 84 valence electrons. The summed E-state index contributed by atoms with van der Waals surface area (Å²) in [5, 5.41) is 11.3. The zero-order valence-electron chi connectivity index (χ0n) is 9.55. The van der Waals surface area contributed by atoms with Crippen molar-refractivity contribution in [1.29, 1.82) is 5.26 Å². The summed E-state index contributed by atoms with van der Waals surface area (Å²) in [6, 6.07) is 14.2. The predicted octanol–water partition coefficient (Wildman–Crippen LogP) is 2.56. The Morgan fingerprint density at radius 3 is 2.94 bits per heavy atom. The van der Waals surface area contributed by atoms with Gasteiger partial charge in [-0.1, -0.05) is 30.3 Å². The van der Waals surface area contributed by atoms with E-state index in [4.69, 9.17) is 10.00 Å². The highest BCUT2D eigenvalue weighted by molar-refractivity contribution is 5.94. The van der Waals surface area contributed by atoms with E-state index >= 15 is 0 Å². The number of rotatable bonds is 0. The summed E-state index contributed by atoms with van der Waals surface area (Å²) in [4.78, 5) is 1.98. The maximum atomic E-state index is 9.03. The monoisotopic (exact) mass is 224 g/mol. The summed E-state index contributed by atoms with van der Waals surface area (Å²) in [6.45, 7) is 0.425. The molecule has 1 aliphatic heterocycles. The summed E-state index contributed by atoms with van der Waals surface area (Å²) in [5.74, 6) is 0.886. The van der Waals surface area contributed by atoms with Crippen LogP contribution in [-0.4, -0.2) is 19.7 Å². The van der Waals surface area contributed by atoms with E-state index in [2.05, 4.69) is 24.3 Å². The second kappa shape index (κ2) is 3.67. The standard InChI is InChI=1S/C14H12N2O/c1-16-11(8-15)9-17-14-12-5-3-2-4-10(12)6-7-13(14)16/h2-7,11H,9H2,1H3. The van der Waals surface area contributed by atoms with Crippen molar-refractivity contribution in [3.8, 4) is 11.8 Å². The number of hydrogen-bond donors (Lipinski definition) is 0. The fraction of sp³-hybridized carbons (Fsp3) is 0.214. The number of nitriles is 1. The van der Waals surface area contributed by atoms with Gasteiger partial charge in [0.1, 0.15) is 6.61 Å². The van der Waals surface area contributed by atoms with Crippen molar-refractivity contribution in [1.82, 2.24) is 0 Å². The molecule has 0 saturated heterocycles. The highest BCUT2D eigenvalue weighted by Gasteiger charge is 2.25. The SMILES string of the molecule is CN1c2ccc3ccccc3c2OCC1C#N. The third-order valence-corrected chi connectivity index (χ3v) is 3.24. The minimum absolute atomic E-state index is 0.205. The van der Waals surface area contributed by atoms with Gasteiger partial charge in [0.25, 0.3) is 0 Å². The number of likely N-dealkylation sites (N-methyl/N-ethyl adjacent to an activating group) is 1. The first-order valence-corrected chi connectivity index (χ1v) is 5.58. The van der Waals surface area contributed by atoms with Gasteiger partial charge in [-0.3, -0.25) is 0 Å². The van der Waals surface area contributed by atoms with E-state index in [0.29, 0.717) is 6.61 Å². The Morgan fingerprint density at radius 1 is 1.29 bits per heavy atom.